The van der Waals surface area contributed by atoms with Gasteiger partial charge in [0.25, 0.3) is 0 Å². The van der Waals surface area contributed by atoms with E-state index in [1.165, 1.54) is 12.5 Å². The van der Waals surface area contributed by atoms with E-state index in [2.05, 4.69) is 9.68 Å². The number of benzene rings is 1. The topological polar surface area (TPSA) is 77.2 Å². The third-order valence-corrected chi connectivity index (χ3v) is 5.69. The van der Waals surface area contributed by atoms with E-state index < -0.39 is 15.6 Å². The van der Waals surface area contributed by atoms with Crippen LogP contribution in [0.4, 0.5) is 0 Å². The quantitative estimate of drug-likeness (QED) is 0.780. The molecule has 1 aromatic heterocycles. The van der Waals surface area contributed by atoms with Crippen LogP contribution in [0, 0.1) is 0 Å². The van der Waals surface area contributed by atoms with Crippen LogP contribution in [0.5, 0.6) is 0 Å². The predicted molar refractivity (Wildman–Crippen MR) is 81.5 cm³/mol. The molecule has 1 fully saturated rings. The molecule has 0 spiro atoms. The van der Waals surface area contributed by atoms with E-state index in [1.807, 2.05) is 0 Å². The number of rotatable bonds is 4. The Morgan fingerprint density at radius 3 is 2.50 bits per heavy atom. The largest absolute Gasteiger partial charge is 0.364 e. The van der Waals surface area contributed by atoms with Gasteiger partial charge in [-0.1, -0.05) is 28.4 Å². The van der Waals surface area contributed by atoms with Crippen molar-refractivity contribution in [3.05, 3.63) is 45.3 Å². The van der Waals surface area contributed by atoms with Gasteiger partial charge in [-0.25, -0.2) is 8.42 Å². The fraction of sp³-hybridized carbons (Fsp3) is 0.286. The van der Waals surface area contributed by atoms with Gasteiger partial charge in [-0.2, -0.15) is 0 Å². The lowest BCUT2D eigenvalue weighted by Gasteiger charge is -2.13. The Hall–Kier alpha value is -1.37. The lowest BCUT2D eigenvalue weighted by Crippen LogP contribution is -2.08. The highest BCUT2D eigenvalue weighted by Gasteiger charge is 2.33. The minimum Gasteiger partial charge on any atom is -0.364 e. The number of carbonyl (C=O) groups excluding carboxylic acids is 1. The van der Waals surface area contributed by atoms with Crippen molar-refractivity contribution in [2.24, 2.45) is 0 Å². The second kappa shape index (κ2) is 5.37. The van der Waals surface area contributed by atoms with Gasteiger partial charge in [0.05, 0.1) is 21.8 Å². The second-order valence-electron chi connectivity index (χ2n) is 5.26. The third kappa shape index (κ3) is 2.66. The zero-order chi connectivity index (χ0) is 16.1. The number of hydrogen-bond donors (Lipinski definition) is 0. The molecule has 1 aliphatic carbocycles. The number of aromatic nitrogens is 1. The predicted octanol–water partition coefficient (Wildman–Crippen LogP) is 3.49. The molecule has 0 radical (unpaired) electrons. The Labute approximate surface area is 137 Å². The Balaban J connectivity index is 2.27. The Morgan fingerprint density at radius 2 is 2.00 bits per heavy atom. The maximum atomic E-state index is 12.5. The first-order chi connectivity index (χ1) is 10.3. The standard InChI is InChI=1S/C14H11Cl2NO4S/c1-22(19,20)14-11(15)9(7-2-3-7)4-10(12(14)16)13(18)8-5-17-21-6-8/h4-7H,2-3H2,1H3. The van der Waals surface area contributed by atoms with Crippen molar-refractivity contribution in [3.63, 3.8) is 0 Å². The maximum absolute atomic E-state index is 12.5. The van der Waals surface area contributed by atoms with Crippen LogP contribution in [0.15, 0.2) is 27.9 Å². The van der Waals surface area contributed by atoms with Crippen LogP contribution in [-0.2, 0) is 9.84 Å². The highest BCUT2D eigenvalue weighted by atomic mass is 35.5. The summed E-state index contributed by atoms with van der Waals surface area (Å²) in [6, 6.07) is 1.58. The smallest absolute Gasteiger partial charge is 0.199 e. The van der Waals surface area contributed by atoms with E-state index in [9.17, 15) is 13.2 Å². The molecular formula is C14H11Cl2NO4S. The molecule has 5 nitrogen and oxygen atoms in total. The van der Waals surface area contributed by atoms with Crippen molar-refractivity contribution in [2.75, 3.05) is 6.26 Å². The average Bonchev–Trinajstić information content (AvgIpc) is 3.11. The van der Waals surface area contributed by atoms with E-state index in [0.29, 0.717) is 5.56 Å². The van der Waals surface area contributed by atoms with Gasteiger partial charge in [0.1, 0.15) is 11.2 Å². The highest BCUT2D eigenvalue weighted by molar-refractivity contribution is 7.91. The summed E-state index contributed by atoms with van der Waals surface area (Å²) in [5.74, 6) is -0.283. The molecule has 1 heterocycles. The molecule has 0 amide bonds. The molecule has 0 saturated heterocycles. The van der Waals surface area contributed by atoms with Crippen LogP contribution in [-0.4, -0.2) is 25.6 Å². The molecule has 1 saturated carbocycles. The molecular weight excluding hydrogens is 349 g/mol. The van der Waals surface area contributed by atoms with Crippen LogP contribution < -0.4 is 0 Å². The van der Waals surface area contributed by atoms with Gasteiger partial charge >= 0.3 is 0 Å². The van der Waals surface area contributed by atoms with E-state index >= 15 is 0 Å². The summed E-state index contributed by atoms with van der Waals surface area (Å²) in [5.41, 5.74) is 0.938. The van der Waals surface area contributed by atoms with Crippen LogP contribution in [0.3, 0.4) is 0 Å². The zero-order valence-corrected chi connectivity index (χ0v) is 13.8. The van der Waals surface area contributed by atoms with Crippen molar-refractivity contribution >= 4 is 38.8 Å². The Kier molecular flexibility index (Phi) is 3.79. The molecule has 1 aromatic carbocycles. The second-order valence-corrected chi connectivity index (χ2v) is 7.97. The van der Waals surface area contributed by atoms with Gasteiger partial charge in [0.15, 0.2) is 15.6 Å². The van der Waals surface area contributed by atoms with Crippen molar-refractivity contribution in [1.29, 1.82) is 0 Å². The lowest BCUT2D eigenvalue weighted by atomic mass is 10.0. The molecule has 22 heavy (non-hydrogen) atoms. The fourth-order valence-corrected chi connectivity index (χ4v) is 4.59. The Bertz CT molecular complexity index is 855. The van der Waals surface area contributed by atoms with E-state index in [-0.39, 0.29) is 32.0 Å². The maximum Gasteiger partial charge on any atom is 0.199 e. The highest BCUT2D eigenvalue weighted by Crippen LogP contribution is 2.47. The zero-order valence-electron chi connectivity index (χ0n) is 11.5. The first-order valence-electron chi connectivity index (χ1n) is 6.46. The summed E-state index contributed by atoms with van der Waals surface area (Å²) in [4.78, 5) is 12.3. The SMILES string of the molecule is CS(=O)(=O)c1c(Cl)c(C(=O)c2cnoc2)cc(C2CC2)c1Cl. The summed E-state index contributed by atoms with van der Waals surface area (Å²) in [7, 11) is -3.67. The molecule has 8 heteroatoms. The molecule has 2 aromatic rings. The minimum atomic E-state index is -3.67. The van der Waals surface area contributed by atoms with Crippen molar-refractivity contribution in [3.8, 4) is 0 Å². The monoisotopic (exact) mass is 359 g/mol. The van der Waals surface area contributed by atoms with Gasteiger partial charge in [-0.05, 0) is 30.4 Å². The number of hydrogen-bond acceptors (Lipinski definition) is 5. The van der Waals surface area contributed by atoms with Crippen LogP contribution >= 0.6 is 23.2 Å². The van der Waals surface area contributed by atoms with Crippen molar-refractivity contribution in [1.82, 2.24) is 5.16 Å². The molecule has 3 rings (SSSR count). The molecule has 116 valence electrons. The van der Waals surface area contributed by atoms with Gasteiger partial charge in [0, 0.05) is 11.8 Å². The van der Waals surface area contributed by atoms with Gasteiger partial charge in [-0.15, -0.1) is 0 Å². The van der Waals surface area contributed by atoms with Gasteiger partial charge in [-0.3, -0.25) is 4.79 Å². The van der Waals surface area contributed by atoms with Crippen LogP contribution in [0.25, 0.3) is 0 Å². The Morgan fingerprint density at radius 1 is 1.32 bits per heavy atom. The first-order valence-corrected chi connectivity index (χ1v) is 9.11. The molecule has 0 atom stereocenters. The fourth-order valence-electron chi connectivity index (χ4n) is 2.29. The van der Waals surface area contributed by atoms with Gasteiger partial charge < -0.3 is 4.52 Å². The van der Waals surface area contributed by atoms with Gasteiger partial charge in [0.2, 0.25) is 0 Å². The molecule has 0 aliphatic heterocycles. The molecule has 0 N–H and O–H groups in total. The van der Waals surface area contributed by atoms with Crippen molar-refractivity contribution < 1.29 is 17.7 Å². The number of carbonyl (C=O) groups is 1. The summed E-state index contributed by atoms with van der Waals surface area (Å²) < 4.78 is 28.7. The lowest BCUT2D eigenvalue weighted by molar-refractivity contribution is 0.103. The molecule has 0 unspecified atom stereocenters. The molecule has 0 bridgehead atoms. The summed E-state index contributed by atoms with van der Waals surface area (Å²) in [6.07, 6.45) is 5.27. The number of ketones is 1. The van der Waals surface area contributed by atoms with Crippen LogP contribution in [0.2, 0.25) is 10.0 Å². The summed E-state index contributed by atoms with van der Waals surface area (Å²) >= 11 is 12.4. The van der Waals surface area contributed by atoms with E-state index in [0.717, 1.165) is 19.1 Å². The normalized spacial score (nSPS) is 15.0. The number of sulfone groups is 1. The number of nitrogens with zero attached hydrogens (tertiary/aromatic N) is 1. The minimum absolute atomic E-state index is 0.0941. The summed E-state index contributed by atoms with van der Waals surface area (Å²) in [6.45, 7) is 0. The molecule has 1 aliphatic rings. The van der Waals surface area contributed by atoms with Crippen molar-refractivity contribution in [2.45, 2.75) is 23.7 Å². The summed E-state index contributed by atoms with van der Waals surface area (Å²) in [5, 5.41) is 3.42. The number of halogens is 2. The third-order valence-electron chi connectivity index (χ3n) is 3.52. The van der Waals surface area contributed by atoms with E-state index in [4.69, 9.17) is 23.2 Å². The first kappa shape index (κ1) is 15.5. The van der Waals surface area contributed by atoms with E-state index in [1.54, 1.807) is 6.07 Å². The average molecular weight is 360 g/mol. The van der Waals surface area contributed by atoms with Crippen LogP contribution in [0.1, 0.15) is 40.2 Å².